The van der Waals surface area contributed by atoms with Crippen LogP contribution in [0.15, 0.2) is 70.3 Å². The van der Waals surface area contributed by atoms with Crippen molar-refractivity contribution in [2.75, 3.05) is 10.6 Å². The summed E-state index contributed by atoms with van der Waals surface area (Å²) in [4.78, 5) is 51.5. The Morgan fingerprint density at radius 2 is 1.56 bits per heavy atom. The number of benzene rings is 2. The summed E-state index contributed by atoms with van der Waals surface area (Å²) in [6, 6.07) is 17.0. The van der Waals surface area contributed by atoms with E-state index in [9.17, 15) is 19.2 Å². The van der Waals surface area contributed by atoms with Crippen molar-refractivity contribution in [3.8, 4) is 5.69 Å². The Morgan fingerprint density at radius 1 is 0.938 bits per heavy atom. The molecule has 0 aliphatic carbocycles. The average molecular weight is 449 g/mol. The quantitative estimate of drug-likeness (QED) is 0.490. The third-order valence-electron chi connectivity index (χ3n) is 4.74. The topological polar surface area (TPSA) is 102 Å². The molecule has 4 aromatic rings. The van der Waals surface area contributed by atoms with Gasteiger partial charge in [0.1, 0.15) is 11.4 Å². The normalized spacial score (nSPS) is 10.8. The van der Waals surface area contributed by atoms with Gasteiger partial charge in [0.2, 0.25) is 11.8 Å². The fraction of sp³-hybridized carbons (Fsp3) is 0.130. The molecule has 8 nitrogen and oxygen atoms in total. The number of nitrogens with zero attached hydrogens (tertiary/aromatic N) is 2. The van der Waals surface area contributed by atoms with Crippen LogP contribution in [0.4, 0.5) is 11.4 Å². The van der Waals surface area contributed by atoms with Gasteiger partial charge in [-0.3, -0.25) is 19.0 Å². The first kappa shape index (κ1) is 21.3. The number of aryl methyl sites for hydroxylation is 1. The van der Waals surface area contributed by atoms with E-state index in [1.54, 1.807) is 60.7 Å². The first-order valence-electron chi connectivity index (χ1n) is 9.82. The Hall–Kier alpha value is -3.98. The molecule has 4 rings (SSSR count). The Kier molecular flexibility index (Phi) is 5.74. The minimum atomic E-state index is -0.577. The number of hydrogen-bond acceptors (Lipinski definition) is 5. The molecule has 0 radical (unpaired) electrons. The van der Waals surface area contributed by atoms with Crippen LogP contribution in [-0.4, -0.2) is 20.9 Å². The number of nitrogens with one attached hydrogen (secondary N) is 2. The second-order valence-electron chi connectivity index (χ2n) is 7.23. The fourth-order valence-electron chi connectivity index (χ4n) is 3.40. The molecule has 0 aliphatic heterocycles. The third kappa shape index (κ3) is 4.23. The smallest absolute Gasteiger partial charge is 0.326 e. The maximum atomic E-state index is 13.3. The summed E-state index contributed by atoms with van der Waals surface area (Å²) in [5.41, 5.74) is 0.581. The molecule has 0 bridgehead atoms. The van der Waals surface area contributed by atoms with E-state index in [0.717, 1.165) is 9.44 Å². The van der Waals surface area contributed by atoms with E-state index in [1.807, 2.05) is 6.92 Å². The highest BCUT2D eigenvalue weighted by Gasteiger charge is 2.18. The molecule has 162 valence electrons. The number of amides is 2. The minimum absolute atomic E-state index is 0.190. The summed E-state index contributed by atoms with van der Waals surface area (Å²) in [5, 5.41) is 5.80. The zero-order valence-electron chi connectivity index (χ0n) is 17.4. The summed E-state index contributed by atoms with van der Waals surface area (Å²) in [6.07, 6.45) is 0. The van der Waals surface area contributed by atoms with E-state index < -0.39 is 17.2 Å². The van der Waals surface area contributed by atoms with Crippen LogP contribution in [0.5, 0.6) is 0 Å². The van der Waals surface area contributed by atoms with Crippen molar-refractivity contribution in [1.29, 1.82) is 0 Å². The predicted octanol–water partition coefficient (Wildman–Crippen LogP) is 3.12. The Bertz CT molecular complexity index is 1430. The van der Waals surface area contributed by atoms with Crippen LogP contribution in [0.25, 0.3) is 15.9 Å². The van der Waals surface area contributed by atoms with Crippen LogP contribution in [0, 0.1) is 6.92 Å². The fourth-order valence-corrected chi connectivity index (χ4v) is 4.39. The highest BCUT2D eigenvalue weighted by Crippen LogP contribution is 2.22. The molecule has 0 saturated heterocycles. The van der Waals surface area contributed by atoms with Crippen molar-refractivity contribution in [2.45, 2.75) is 20.4 Å². The number of hydrogen-bond donors (Lipinski definition) is 2. The second kappa shape index (κ2) is 8.64. The lowest BCUT2D eigenvalue weighted by molar-refractivity contribution is -0.117. The van der Waals surface area contributed by atoms with Crippen LogP contribution < -0.4 is 21.9 Å². The Morgan fingerprint density at radius 3 is 2.19 bits per heavy atom. The molecule has 0 unspecified atom stereocenters. The standard InChI is InChI=1S/C23H20N4O4S/c1-14-12-19-21(30)27(18-6-4-3-5-7-18)23(31)26(22(19)32-14)13-20(29)25-17-10-8-16(9-11-17)24-15(2)28/h3-12H,13H2,1-2H3,(H,24,28)(H,25,29). The molecule has 2 N–H and O–H groups in total. The molecular formula is C23H20N4O4S. The molecule has 2 heterocycles. The number of rotatable bonds is 5. The maximum Gasteiger partial charge on any atom is 0.337 e. The summed E-state index contributed by atoms with van der Waals surface area (Å²) in [7, 11) is 0. The molecule has 0 spiro atoms. The van der Waals surface area contributed by atoms with Gasteiger partial charge in [0.25, 0.3) is 5.56 Å². The van der Waals surface area contributed by atoms with Gasteiger partial charge >= 0.3 is 5.69 Å². The van der Waals surface area contributed by atoms with E-state index >= 15 is 0 Å². The van der Waals surface area contributed by atoms with E-state index in [4.69, 9.17) is 0 Å². The number of carbonyl (C=O) groups excluding carboxylic acids is 2. The zero-order chi connectivity index (χ0) is 22.8. The average Bonchev–Trinajstić information content (AvgIpc) is 3.15. The summed E-state index contributed by atoms with van der Waals surface area (Å²) in [5.74, 6) is -0.602. The van der Waals surface area contributed by atoms with Crippen molar-refractivity contribution in [3.63, 3.8) is 0 Å². The molecule has 32 heavy (non-hydrogen) atoms. The van der Waals surface area contributed by atoms with E-state index in [-0.39, 0.29) is 12.5 Å². The second-order valence-corrected chi connectivity index (χ2v) is 8.46. The Balaban J connectivity index is 1.69. The van der Waals surface area contributed by atoms with Crippen molar-refractivity contribution in [2.24, 2.45) is 0 Å². The van der Waals surface area contributed by atoms with E-state index in [1.165, 1.54) is 22.8 Å². The minimum Gasteiger partial charge on any atom is -0.326 e. The van der Waals surface area contributed by atoms with Crippen molar-refractivity contribution < 1.29 is 9.59 Å². The predicted molar refractivity (Wildman–Crippen MR) is 126 cm³/mol. The molecular weight excluding hydrogens is 428 g/mol. The number of para-hydroxylation sites is 1. The SMILES string of the molecule is CC(=O)Nc1ccc(NC(=O)Cn2c(=O)n(-c3ccccc3)c(=O)c3cc(C)sc32)cc1. The van der Waals surface area contributed by atoms with Gasteiger partial charge in [-0.15, -0.1) is 11.3 Å². The maximum absolute atomic E-state index is 13.3. The molecule has 2 amide bonds. The lowest BCUT2D eigenvalue weighted by Gasteiger charge is -2.12. The highest BCUT2D eigenvalue weighted by atomic mass is 32.1. The van der Waals surface area contributed by atoms with Gasteiger partial charge in [-0.2, -0.15) is 0 Å². The highest BCUT2D eigenvalue weighted by molar-refractivity contribution is 7.18. The number of fused-ring (bicyclic) bond motifs is 1. The van der Waals surface area contributed by atoms with Gasteiger partial charge < -0.3 is 10.6 Å². The molecule has 9 heteroatoms. The summed E-state index contributed by atoms with van der Waals surface area (Å²) in [6.45, 7) is 3.01. The van der Waals surface area contributed by atoms with Gasteiger partial charge in [0.15, 0.2) is 0 Å². The first-order valence-corrected chi connectivity index (χ1v) is 10.6. The molecule has 0 fully saturated rings. The largest absolute Gasteiger partial charge is 0.337 e. The first-order chi connectivity index (χ1) is 15.3. The number of thiophene rings is 1. The summed E-state index contributed by atoms with van der Waals surface area (Å²) < 4.78 is 2.41. The lowest BCUT2D eigenvalue weighted by atomic mass is 10.2. The molecule has 2 aromatic heterocycles. The number of anilines is 2. The molecule has 2 aromatic carbocycles. The van der Waals surface area contributed by atoms with Gasteiger partial charge in [0, 0.05) is 23.2 Å². The van der Waals surface area contributed by atoms with Crippen LogP contribution in [-0.2, 0) is 16.1 Å². The van der Waals surface area contributed by atoms with Gasteiger partial charge in [-0.05, 0) is 49.4 Å². The van der Waals surface area contributed by atoms with Crippen molar-refractivity contribution in [1.82, 2.24) is 9.13 Å². The monoisotopic (exact) mass is 448 g/mol. The molecule has 0 atom stereocenters. The van der Waals surface area contributed by atoms with Gasteiger partial charge in [-0.25, -0.2) is 9.36 Å². The Labute approximate surface area is 186 Å². The van der Waals surface area contributed by atoms with Crippen LogP contribution in [0.1, 0.15) is 11.8 Å². The molecule has 0 aliphatic rings. The van der Waals surface area contributed by atoms with E-state index in [0.29, 0.717) is 27.3 Å². The number of aromatic nitrogens is 2. The van der Waals surface area contributed by atoms with Crippen LogP contribution in [0.3, 0.4) is 0 Å². The van der Waals surface area contributed by atoms with Crippen LogP contribution in [0.2, 0.25) is 0 Å². The number of carbonyl (C=O) groups is 2. The third-order valence-corrected chi connectivity index (χ3v) is 5.82. The van der Waals surface area contributed by atoms with Crippen LogP contribution >= 0.6 is 11.3 Å². The van der Waals surface area contributed by atoms with E-state index in [2.05, 4.69) is 10.6 Å². The van der Waals surface area contributed by atoms with Gasteiger partial charge in [0.05, 0.1) is 11.1 Å². The lowest BCUT2D eigenvalue weighted by Crippen LogP contribution is -2.40. The summed E-state index contributed by atoms with van der Waals surface area (Å²) >= 11 is 1.30. The molecule has 0 saturated carbocycles. The van der Waals surface area contributed by atoms with Crippen molar-refractivity contribution >= 4 is 44.7 Å². The van der Waals surface area contributed by atoms with Crippen molar-refractivity contribution in [3.05, 3.63) is 86.4 Å². The van der Waals surface area contributed by atoms with Gasteiger partial charge in [-0.1, -0.05) is 18.2 Å². The zero-order valence-corrected chi connectivity index (χ0v) is 18.2.